The van der Waals surface area contributed by atoms with Crippen LogP contribution in [-0.4, -0.2) is 84.6 Å². The molecule has 47 heavy (non-hydrogen) atoms. The Bertz CT molecular complexity index is 1540. The van der Waals surface area contributed by atoms with Crippen LogP contribution in [0.3, 0.4) is 0 Å². The molecule has 3 N–H and O–H groups in total. The van der Waals surface area contributed by atoms with E-state index in [2.05, 4.69) is 20.5 Å². The van der Waals surface area contributed by atoms with Crippen molar-refractivity contribution in [1.82, 2.24) is 20.5 Å². The summed E-state index contributed by atoms with van der Waals surface area (Å²) < 4.78 is 19.7. The highest BCUT2D eigenvalue weighted by molar-refractivity contribution is 6.42. The molecule has 1 atom stereocenters. The number of aromatic amines is 1. The van der Waals surface area contributed by atoms with Crippen molar-refractivity contribution in [3.8, 4) is 0 Å². The predicted molar refractivity (Wildman–Crippen MR) is 175 cm³/mol. The largest absolute Gasteiger partial charge is 0.465 e. The molecule has 0 fully saturated rings. The van der Waals surface area contributed by atoms with Gasteiger partial charge in [0.1, 0.15) is 18.1 Å². The zero-order valence-corrected chi connectivity index (χ0v) is 27.8. The van der Waals surface area contributed by atoms with Crippen LogP contribution >= 0.6 is 0 Å². The number of H-pyrrole nitrogens is 1. The summed E-state index contributed by atoms with van der Waals surface area (Å²) in [6.45, 7) is 13.5. The summed E-state index contributed by atoms with van der Waals surface area (Å²) in [5.41, 5.74) is 2.25. The summed E-state index contributed by atoms with van der Waals surface area (Å²) in [6, 6.07) is 2.26. The smallest absolute Gasteiger partial charge is 0.308 e. The number of imide groups is 1. The van der Waals surface area contributed by atoms with Crippen LogP contribution in [0.25, 0.3) is 11.6 Å². The topological polar surface area (TPSA) is 158 Å². The van der Waals surface area contributed by atoms with Gasteiger partial charge in [0.2, 0.25) is 5.91 Å². The number of carbonyl (C=O) groups excluding carboxylic acids is 6. The van der Waals surface area contributed by atoms with Crippen molar-refractivity contribution in [2.75, 3.05) is 37.7 Å². The van der Waals surface area contributed by atoms with E-state index in [0.717, 1.165) is 30.1 Å². The van der Waals surface area contributed by atoms with Crippen molar-refractivity contribution in [2.24, 2.45) is 5.92 Å². The zero-order chi connectivity index (χ0) is 34.8. The van der Waals surface area contributed by atoms with Crippen LogP contribution in [0.1, 0.15) is 79.8 Å². The van der Waals surface area contributed by atoms with Gasteiger partial charge < -0.3 is 30.0 Å². The first-order chi connectivity index (χ1) is 22.3. The summed E-state index contributed by atoms with van der Waals surface area (Å²) in [5.74, 6) is -4.02. The van der Waals surface area contributed by atoms with E-state index < -0.39 is 41.5 Å². The van der Waals surface area contributed by atoms with E-state index in [0.29, 0.717) is 41.9 Å². The number of nitrogens with one attached hydrogen (secondary N) is 3. The number of rotatable bonds is 16. The van der Waals surface area contributed by atoms with Gasteiger partial charge in [-0.3, -0.25) is 24.0 Å². The van der Waals surface area contributed by atoms with Crippen LogP contribution in [0, 0.1) is 25.6 Å². The maximum atomic E-state index is 14.5. The quantitative estimate of drug-likeness (QED) is 0.142. The van der Waals surface area contributed by atoms with Crippen molar-refractivity contribution >= 4 is 53.2 Å². The number of carbonyl (C=O) groups is 6. The van der Waals surface area contributed by atoms with Gasteiger partial charge in [-0.25, -0.2) is 9.29 Å². The number of esters is 1. The fraction of sp³-hybridized carbons (Fsp3) is 0.471. The number of nitrogens with zero attached hydrogens (tertiary/aromatic N) is 2. The molecule has 1 aliphatic heterocycles. The summed E-state index contributed by atoms with van der Waals surface area (Å²) in [5, 5.41) is 5.48. The number of hydrogen-bond acceptors (Lipinski definition) is 8. The summed E-state index contributed by atoms with van der Waals surface area (Å²) in [7, 11) is 0. The molecule has 0 radical (unpaired) electrons. The Hall–Kier alpha value is -4.65. The Balaban J connectivity index is 1.95. The van der Waals surface area contributed by atoms with Gasteiger partial charge >= 0.3 is 5.97 Å². The fourth-order valence-electron chi connectivity index (χ4n) is 5.30. The van der Waals surface area contributed by atoms with E-state index in [1.54, 1.807) is 27.7 Å². The molecule has 0 aliphatic carbocycles. The molecule has 2 heterocycles. The lowest BCUT2D eigenvalue weighted by Gasteiger charge is -2.23. The van der Waals surface area contributed by atoms with E-state index in [1.165, 1.54) is 12.1 Å². The van der Waals surface area contributed by atoms with Crippen molar-refractivity contribution < 1.29 is 37.9 Å². The standard InChI is InChI=1S/C34H44FN5O7/c1-7-39(8-2)15-14-36-31(43)30-21(5)27(37-22(30)6)19-25-24-18-23(35)11-12-28(24)40(32(25)44)33(45)26(38-29(42)10-9-16-41)13-17-47-34(46)20(3)4/h11-12,16,18-20,26,37H,7-10,13-15,17H2,1-6H3,(H,36,43)(H,38,42)/b25-19-/t26-/m0/s1. The molecule has 4 amide bonds. The summed E-state index contributed by atoms with van der Waals surface area (Å²) in [6.07, 6.45) is 1.64. The van der Waals surface area contributed by atoms with E-state index in [-0.39, 0.29) is 48.6 Å². The lowest BCUT2D eigenvalue weighted by Crippen LogP contribution is -2.50. The fourth-order valence-corrected chi connectivity index (χ4v) is 5.30. The van der Waals surface area contributed by atoms with E-state index in [9.17, 15) is 33.2 Å². The zero-order valence-electron chi connectivity index (χ0n) is 27.8. The Morgan fingerprint density at radius 2 is 1.83 bits per heavy atom. The van der Waals surface area contributed by atoms with Gasteiger partial charge in [0.15, 0.2) is 0 Å². The van der Waals surface area contributed by atoms with E-state index in [1.807, 2.05) is 13.8 Å². The maximum absolute atomic E-state index is 14.5. The average Bonchev–Trinajstić information content (AvgIpc) is 3.47. The molecule has 0 saturated carbocycles. The minimum atomic E-state index is -1.29. The van der Waals surface area contributed by atoms with Crippen molar-refractivity contribution in [3.63, 3.8) is 0 Å². The normalized spacial score (nSPS) is 14.0. The Kier molecular flexibility index (Phi) is 13.1. The number of benzene rings is 1. The highest BCUT2D eigenvalue weighted by Gasteiger charge is 2.40. The number of aryl methyl sites for hydroxylation is 1. The number of aromatic nitrogens is 1. The monoisotopic (exact) mass is 653 g/mol. The molecule has 1 aliphatic rings. The second-order valence-electron chi connectivity index (χ2n) is 11.6. The molecule has 2 aromatic rings. The number of hydrogen-bond donors (Lipinski definition) is 3. The summed E-state index contributed by atoms with van der Waals surface area (Å²) >= 11 is 0. The Morgan fingerprint density at radius 1 is 1.13 bits per heavy atom. The molecule has 12 nitrogen and oxygen atoms in total. The number of anilines is 1. The molecule has 0 bridgehead atoms. The minimum Gasteiger partial charge on any atom is -0.465 e. The number of halogens is 1. The minimum absolute atomic E-state index is 0.00274. The van der Waals surface area contributed by atoms with Crippen LogP contribution in [0.5, 0.6) is 0 Å². The molecule has 3 rings (SSSR count). The number of likely N-dealkylation sites (N-methyl/N-ethyl adjacent to an activating group) is 1. The van der Waals surface area contributed by atoms with E-state index >= 15 is 0 Å². The molecule has 0 unspecified atom stereocenters. The molecule has 1 aromatic carbocycles. The van der Waals surface area contributed by atoms with Gasteiger partial charge in [0.05, 0.1) is 29.3 Å². The van der Waals surface area contributed by atoms with Gasteiger partial charge in [0.25, 0.3) is 17.7 Å². The third-order valence-corrected chi connectivity index (χ3v) is 7.99. The third-order valence-electron chi connectivity index (χ3n) is 7.99. The van der Waals surface area contributed by atoms with Crippen LogP contribution < -0.4 is 15.5 Å². The maximum Gasteiger partial charge on any atom is 0.308 e. The highest BCUT2D eigenvalue weighted by atomic mass is 19.1. The van der Waals surface area contributed by atoms with Gasteiger partial charge in [-0.2, -0.15) is 0 Å². The molecule has 13 heteroatoms. The van der Waals surface area contributed by atoms with Crippen molar-refractivity contribution in [3.05, 3.63) is 52.1 Å². The van der Waals surface area contributed by atoms with E-state index in [4.69, 9.17) is 4.74 Å². The second kappa shape index (κ2) is 16.8. The Labute approximate surface area is 274 Å². The lowest BCUT2D eigenvalue weighted by molar-refractivity contribution is -0.148. The SMILES string of the molecule is CCN(CC)CCNC(=O)c1c(C)[nH]c(/C=C2\C(=O)N(C(=O)[C@H](CCOC(=O)C(C)C)NC(=O)CCC=O)c3ccc(F)cc32)c1C. The Morgan fingerprint density at radius 3 is 2.47 bits per heavy atom. The highest BCUT2D eigenvalue weighted by Crippen LogP contribution is 2.39. The van der Waals surface area contributed by atoms with Crippen LogP contribution in [0.4, 0.5) is 10.1 Å². The van der Waals surface area contributed by atoms with Gasteiger partial charge in [-0.15, -0.1) is 0 Å². The first kappa shape index (κ1) is 36.8. The molecular weight excluding hydrogens is 609 g/mol. The summed E-state index contributed by atoms with van der Waals surface area (Å²) in [4.78, 5) is 82.5. The van der Waals surface area contributed by atoms with Gasteiger partial charge in [0, 0.05) is 49.3 Å². The number of aldehydes is 1. The average molecular weight is 654 g/mol. The molecular formula is C34H44FN5O7. The van der Waals surface area contributed by atoms with Gasteiger partial charge in [-0.05, 0) is 56.8 Å². The van der Waals surface area contributed by atoms with Crippen LogP contribution in [0.15, 0.2) is 18.2 Å². The number of fused-ring (bicyclic) bond motifs is 1. The van der Waals surface area contributed by atoms with Crippen molar-refractivity contribution in [1.29, 1.82) is 0 Å². The number of ether oxygens (including phenoxy) is 1. The predicted octanol–water partition coefficient (Wildman–Crippen LogP) is 3.31. The second-order valence-corrected chi connectivity index (χ2v) is 11.6. The molecule has 0 saturated heterocycles. The van der Waals surface area contributed by atoms with Gasteiger partial charge in [-0.1, -0.05) is 27.7 Å². The number of amides is 4. The van der Waals surface area contributed by atoms with Crippen LogP contribution in [0.2, 0.25) is 0 Å². The van der Waals surface area contributed by atoms with Crippen molar-refractivity contribution in [2.45, 2.75) is 66.8 Å². The van der Waals surface area contributed by atoms with Crippen LogP contribution in [-0.2, 0) is 28.7 Å². The third kappa shape index (κ3) is 9.00. The lowest BCUT2D eigenvalue weighted by atomic mass is 10.0. The molecule has 0 spiro atoms. The molecule has 254 valence electrons. The first-order valence-electron chi connectivity index (χ1n) is 15.8. The first-order valence-corrected chi connectivity index (χ1v) is 15.8. The molecule has 1 aromatic heterocycles.